The van der Waals surface area contributed by atoms with E-state index in [1.165, 1.54) is 0 Å². The molecule has 0 aliphatic rings. The van der Waals surface area contributed by atoms with Crippen molar-refractivity contribution in [1.29, 1.82) is 0 Å². The van der Waals surface area contributed by atoms with Crippen molar-refractivity contribution in [2.75, 3.05) is 5.32 Å². The summed E-state index contributed by atoms with van der Waals surface area (Å²) in [6.45, 7) is 4.13. The highest BCUT2D eigenvalue weighted by molar-refractivity contribution is 7.08. The van der Waals surface area contributed by atoms with Crippen LogP contribution in [-0.4, -0.2) is 16.9 Å². The molecule has 1 atom stereocenters. The average molecular weight is 366 g/mol. The highest BCUT2D eigenvalue weighted by Crippen LogP contribution is 2.34. The van der Waals surface area contributed by atoms with Gasteiger partial charge in [-0.15, -0.1) is 0 Å². The Bertz CT molecular complexity index is 860. The normalized spacial score (nSPS) is 12.2. The Morgan fingerprint density at radius 2 is 1.88 bits per heavy atom. The van der Waals surface area contributed by atoms with Crippen LogP contribution >= 0.6 is 11.3 Å². The minimum absolute atomic E-state index is 0.146. The second kappa shape index (κ2) is 8.25. The molecule has 3 N–H and O–H groups in total. The number of rotatable bonds is 6. The van der Waals surface area contributed by atoms with Crippen LogP contribution in [0.5, 0.6) is 0 Å². The standard InChI is InChI=1S/C21H23N3OS/c1-14(2)11-19(22)21(25)24-20-4-3-16(15-5-8-23-9-6-15)12-18(20)17-7-10-26-13-17/h3-10,12-14,19H,11,22H2,1-2H3,(H,24,25)/t19-/m1/s1. The molecule has 0 aliphatic carbocycles. The van der Waals surface area contributed by atoms with E-state index in [1.807, 2.05) is 29.6 Å². The van der Waals surface area contributed by atoms with Crippen LogP contribution in [0.25, 0.3) is 22.3 Å². The molecule has 0 radical (unpaired) electrons. The molecule has 26 heavy (non-hydrogen) atoms. The first-order valence-electron chi connectivity index (χ1n) is 8.68. The van der Waals surface area contributed by atoms with E-state index in [0.717, 1.165) is 27.9 Å². The molecule has 0 unspecified atom stereocenters. The minimum atomic E-state index is -0.509. The van der Waals surface area contributed by atoms with Gasteiger partial charge >= 0.3 is 0 Å². The molecular formula is C21H23N3OS. The first-order chi connectivity index (χ1) is 12.5. The Balaban J connectivity index is 1.94. The van der Waals surface area contributed by atoms with Gasteiger partial charge in [-0.1, -0.05) is 19.9 Å². The molecule has 3 rings (SSSR count). The van der Waals surface area contributed by atoms with Crippen molar-refractivity contribution in [2.24, 2.45) is 11.7 Å². The Hall–Kier alpha value is -2.50. The van der Waals surface area contributed by atoms with Crippen LogP contribution in [0.15, 0.2) is 59.6 Å². The number of amides is 1. The van der Waals surface area contributed by atoms with Gasteiger partial charge in [0.2, 0.25) is 5.91 Å². The largest absolute Gasteiger partial charge is 0.324 e. The van der Waals surface area contributed by atoms with Crippen molar-refractivity contribution >= 4 is 22.9 Å². The molecule has 2 heterocycles. The summed E-state index contributed by atoms with van der Waals surface area (Å²) in [5.41, 5.74) is 11.1. The topological polar surface area (TPSA) is 68.0 Å². The number of nitrogens with one attached hydrogen (secondary N) is 1. The lowest BCUT2D eigenvalue weighted by Crippen LogP contribution is -2.36. The fraction of sp³-hybridized carbons (Fsp3) is 0.238. The van der Waals surface area contributed by atoms with Gasteiger partial charge in [-0.05, 0) is 70.1 Å². The predicted octanol–water partition coefficient (Wildman–Crippen LogP) is 4.79. The Morgan fingerprint density at radius 3 is 2.54 bits per heavy atom. The van der Waals surface area contributed by atoms with Crippen molar-refractivity contribution in [3.8, 4) is 22.3 Å². The van der Waals surface area contributed by atoms with Crippen LogP contribution in [-0.2, 0) is 4.79 Å². The number of nitrogens with two attached hydrogens (primary N) is 1. The molecule has 4 nitrogen and oxygen atoms in total. The van der Waals surface area contributed by atoms with Gasteiger partial charge in [-0.3, -0.25) is 9.78 Å². The van der Waals surface area contributed by atoms with Gasteiger partial charge in [0, 0.05) is 23.6 Å². The van der Waals surface area contributed by atoms with Crippen molar-refractivity contribution in [1.82, 2.24) is 4.98 Å². The summed E-state index contributed by atoms with van der Waals surface area (Å²) in [5, 5.41) is 7.12. The van der Waals surface area contributed by atoms with Crippen LogP contribution in [0.2, 0.25) is 0 Å². The highest BCUT2D eigenvalue weighted by Gasteiger charge is 2.17. The molecule has 3 aromatic rings. The third-order valence-corrected chi connectivity index (χ3v) is 4.87. The van der Waals surface area contributed by atoms with E-state index in [-0.39, 0.29) is 5.91 Å². The van der Waals surface area contributed by atoms with E-state index in [1.54, 1.807) is 23.7 Å². The van der Waals surface area contributed by atoms with E-state index in [0.29, 0.717) is 12.3 Å². The van der Waals surface area contributed by atoms with Gasteiger partial charge < -0.3 is 11.1 Å². The number of thiophene rings is 1. The smallest absolute Gasteiger partial charge is 0.241 e. The molecule has 2 aromatic heterocycles. The summed E-state index contributed by atoms with van der Waals surface area (Å²) in [6, 6.07) is 11.6. The van der Waals surface area contributed by atoms with E-state index >= 15 is 0 Å². The van der Waals surface area contributed by atoms with Crippen molar-refractivity contribution in [2.45, 2.75) is 26.3 Å². The molecular weight excluding hydrogens is 342 g/mol. The number of hydrogen-bond acceptors (Lipinski definition) is 4. The molecule has 0 saturated heterocycles. The highest BCUT2D eigenvalue weighted by atomic mass is 32.1. The lowest BCUT2D eigenvalue weighted by Gasteiger charge is -2.17. The van der Waals surface area contributed by atoms with Crippen LogP contribution < -0.4 is 11.1 Å². The number of aromatic nitrogens is 1. The summed E-state index contributed by atoms with van der Waals surface area (Å²) in [6.07, 6.45) is 4.22. The van der Waals surface area contributed by atoms with Gasteiger partial charge in [0.15, 0.2) is 0 Å². The number of nitrogens with zero attached hydrogens (tertiary/aromatic N) is 1. The zero-order valence-corrected chi connectivity index (χ0v) is 15.8. The van der Waals surface area contributed by atoms with Crippen LogP contribution in [0, 0.1) is 5.92 Å². The first-order valence-corrected chi connectivity index (χ1v) is 9.62. The Morgan fingerprint density at radius 1 is 1.12 bits per heavy atom. The van der Waals surface area contributed by atoms with Crippen molar-refractivity contribution in [3.05, 3.63) is 59.6 Å². The summed E-state index contributed by atoms with van der Waals surface area (Å²) in [5.74, 6) is 0.230. The van der Waals surface area contributed by atoms with Gasteiger partial charge in [0.1, 0.15) is 0 Å². The van der Waals surface area contributed by atoms with Gasteiger partial charge in [0.25, 0.3) is 0 Å². The van der Waals surface area contributed by atoms with Crippen LogP contribution in [0.4, 0.5) is 5.69 Å². The molecule has 0 bridgehead atoms. The van der Waals surface area contributed by atoms with E-state index < -0.39 is 6.04 Å². The summed E-state index contributed by atoms with van der Waals surface area (Å²) in [4.78, 5) is 16.6. The quantitative estimate of drug-likeness (QED) is 0.660. The summed E-state index contributed by atoms with van der Waals surface area (Å²) < 4.78 is 0. The minimum Gasteiger partial charge on any atom is -0.324 e. The third-order valence-electron chi connectivity index (χ3n) is 4.19. The third kappa shape index (κ3) is 4.36. The van der Waals surface area contributed by atoms with Gasteiger partial charge in [-0.2, -0.15) is 11.3 Å². The SMILES string of the molecule is CC(C)C[C@@H](N)C(=O)Nc1ccc(-c2ccncc2)cc1-c1ccsc1. The zero-order valence-electron chi connectivity index (χ0n) is 15.0. The maximum absolute atomic E-state index is 12.5. The molecule has 5 heteroatoms. The van der Waals surface area contributed by atoms with E-state index in [2.05, 4.69) is 41.7 Å². The fourth-order valence-electron chi connectivity index (χ4n) is 2.87. The molecule has 0 saturated carbocycles. The number of pyridine rings is 1. The first kappa shape index (κ1) is 18.3. The molecule has 0 fully saturated rings. The number of carbonyl (C=O) groups excluding carboxylic acids is 1. The maximum atomic E-state index is 12.5. The molecule has 1 amide bonds. The van der Waals surface area contributed by atoms with Crippen molar-refractivity contribution < 1.29 is 4.79 Å². The lowest BCUT2D eigenvalue weighted by molar-refractivity contribution is -0.117. The molecule has 0 aliphatic heterocycles. The monoisotopic (exact) mass is 365 g/mol. The van der Waals surface area contributed by atoms with E-state index in [9.17, 15) is 4.79 Å². The lowest BCUT2D eigenvalue weighted by atomic mass is 9.99. The van der Waals surface area contributed by atoms with Crippen LogP contribution in [0.3, 0.4) is 0 Å². The van der Waals surface area contributed by atoms with Crippen molar-refractivity contribution in [3.63, 3.8) is 0 Å². The number of carbonyl (C=O) groups is 1. The molecule has 134 valence electrons. The maximum Gasteiger partial charge on any atom is 0.241 e. The van der Waals surface area contributed by atoms with E-state index in [4.69, 9.17) is 5.73 Å². The number of anilines is 1. The fourth-order valence-corrected chi connectivity index (χ4v) is 3.53. The average Bonchev–Trinajstić information content (AvgIpc) is 3.16. The second-order valence-electron chi connectivity index (χ2n) is 6.73. The van der Waals surface area contributed by atoms with Gasteiger partial charge in [-0.25, -0.2) is 0 Å². The summed E-state index contributed by atoms with van der Waals surface area (Å²) >= 11 is 1.63. The Kier molecular flexibility index (Phi) is 5.81. The molecule has 1 aromatic carbocycles. The second-order valence-corrected chi connectivity index (χ2v) is 7.51. The molecule has 0 spiro atoms. The Labute approximate surface area is 158 Å². The van der Waals surface area contributed by atoms with Crippen LogP contribution in [0.1, 0.15) is 20.3 Å². The number of benzene rings is 1. The number of hydrogen-bond donors (Lipinski definition) is 2. The van der Waals surface area contributed by atoms with Gasteiger partial charge in [0.05, 0.1) is 6.04 Å². The predicted molar refractivity (Wildman–Crippen MR) is 109 cm³/mol. The summed E-state index contributed by atoms with van der Waals surface area (Å²) in [7, 11) is 0. The zero-order chi connectivity index (χ0) is 18.5.